The van der Waals surface area contributed by atoms with Crippen LogP contribution in [0.25, 0.3) is 0 Å². The normalized spacial score (nSPS) is 26.1. The minimum atomic E-state index is -0.702. The van der Waals surface area contributed by atoms with Gasteiger partial charge in [-0.1, -0.05) is 30.3 Å². The Morgan fingerprint density at radius 2 is 1.97 bits per heavy atom. The van der Waals surface area contributed by atoms with Crippen LogP contribution in [-0.4, -0.2) is 35.6 Å². The molecule has 2 atom stereocenters. The molecule has 29 heavy (non-hydrogen) atoms. The number of hydrogen-bond donors (Lipinski definition) is 3. The zero-order chi connectivity index (χ0) is 19.9. The highest BCUT2D eigenvalue weighted by Crippen LogP contribution is 2.52. The summed E-state index contributed by atoms with van der Waals surface area (Å²) in [6.45, 7) is 2.37. The number of ether oxygens (including phenoxy) is 1. The van der Waals surface area contributed by atoms with Crippen LogP contribution in [0.5, 0.6) is 0 Å². The minimum absolute atomic E-state index is 0.0572. The van der Waals surface area contributed by atoms with Crippen molar-refractivity contribution in [1.82, 2.24) is 15.6 Å². The number of carbonyl (C=O) groups is 1. The first-order valence-electron chi connectivity index (χ1n) is 10.5. The molecule has 6 heteroatoms. The third-order valence-corrected chi connectivity index (χ3v) is 6.86. The maximum Gasteiger partial charge on any atom is 0.240 e. The summed E-state index contributed by atoms with van der Waals surface area (Å²) in [6, 6.07) is 12.2. The second-order valence-corrected chi connectivity index (χ2v) is 8.69. The number of rotatable bonds is 5. The zero-order valence-corrected chi connectivity index (χ0v) is 16.6. The molecule has 2 aromatic rings. The van der Waals surface area contributed by atoms with E-state index in [9.17, 15) is 4.79 Å². The fourth-order valence-electron chi connectivity index (χ4n) is 5.01. The number of nitrogens with two attached hydrogens (primary N) is 1. The number of fused-ring (bicyclic) bond motifs is 2. The zero-order valence-electron chi connectivity index (χ0n) is 16.6. The largest absolute Gasteiger partial charge is 0.370 e. The van der Waals surface area contributed by atoms with Crippen molar-refractivity contribution >= 4 is 5.91 Å². The van der Waals surface area contributed by atoms with E-state index in [2.05, 4.69) is 33.8 Å². The predicted molar refractivity (Wildman–Crippen MR) is 110 cm³/mol. The molecule has 5 rings (SSSR count). The first kappa shape index (κ1) is 18.7. The first-order chi connectivity index (χ1) is 14.1. The molecular formula is C23H28N4O2. The van der Waals surface area contributed by atoms with Gasteiger partial charge in [-0.2, -0.15) is 0 Å². The number of amides is 1. The molecule has 2 aliphatic carbocycles. The summed E-state index contributed by atoms with van der Waals surface area (Å²) in [5.74, 6) is -0.0572. The Balaban J connectivity index is 1.50. The van der Waals surface area contributed by atoms with Gasteiger partial charge in [-0.3, -0.25) is 9.78 Å². The van der Waals surface area contributed by atoms with Crippen LogP contribution < -0.4 is 16.4 Å². The van der Waals surface area contributed by atoms with Gasteiger partial charge in [0.15, 0.2) is 0 Å². The lowest BCUT2D eigenvalue weighted by molar-refractivity contribution is -0.126. The molecule has 1 aliphatic heterocycles. The second kappa shape index (κ2) is 7.20. The molecule has 1 aromatic heterocycles. The molecule has 0 radical (unpaired) electrons. The van der Waals surface area contributed by atoms with Gasteiger partial charge in [0, 0.05) is 17.8 Å². The van der Waals surface area contributed by atoms with Gasteiger partial charge in [0.05, 0.1) is 24.3 Å². The molecule has 6 nitrogen and oxygen atoms in total. The number of benzene rings is 1. The Hall–Kier alpha value is -2.28. The van der Waals surface area contributed by atoms with Crippen molar-refractivity contribution in [3.8, 4) is 0 Å². The Morgan fingerprint density at radius 3 is 2.69 bits per heavy atom. The van der Waals surface area contributed by atoms with Crippen molar-refractivity contribution in [3.63, 3.8) is 0 Å². The van der Waals surface area contributed by atoms with E-state index >= 15 is 0 Å². The van der Waals surface area contributed by atoms with Crippen LogP contribution in [0.3, 0.4) is 0 Å². The van der Waals surface area contributed by atoms with E-state index in [0.29, 0.717) is 6.61 Å². The minimum Gasteiger partial charge on any atom is -0.370 e. The maximum atomic E-state index is 12.9. The van der Waals surface area contributed by atoms with Gasteiger partial charge in [-0.15, -0.1) is 0 Å². The molecule has 1 saturated heterocycles. The average molecular weight is 393 g/mol. The van der Waals surface area contributed by atoms with Gasteiger partial charge in [-0.25, -0.2) is 0 Å². The molecule has 2 heterocycles. The lowest BCUT2D eigenvalue weighted by Crippen LogP contribution is -2.52. The number of carbonyl (C=O) groups excluding carboxylic acids is 1. The molecular weight excluding hydrogens is 364 g/mol. The van der Waals surface area contributed by atoms with E-state index in [4.69, 9.17) is 10.5 Å². The summed E-state index contributed by atoms with van der Waals surface area (Å²) < 4.78 is 6.59. The highest BCUT2D eigenvalue weighted by Gasteiger charge is 2.55. The Bertz CT molecular complexity index is 891. The molecule has 0 unspecified atom stereocenters. The molecule has 1 saturated carbocycles. The quantitative estimate of drug-likeness (QED) is 0.724. The van der Waals surface area contributed by atoms with Crippen LogP contribution in [0.2, 0.25) is 0 Å². The van der Waals surface area contributed by atoms with Gasteiger partial charge in [0.2, 0.25) is 5.91 Å². The summed E-state index contributed by atoms with van der Waals surface area (Å²) in [5, 5.41) is 6.75. The molecule has 4 N–H and O–H groups in total. The van der Waals surface area contributed by atoms with Gasteiger partial charge in [-0.05, 0) is 61.5 Å². The molecule has 0 bridgehead atoms. The SMILES string of the molecule is NC1(C(=O)N[C@@H]2c3ccccc3C3(CCNCC3)[C@H]2OCc2cccnc2)CC1. The summed E-state index contributed by atoms with van der Waals surface area (Å²) >= 11 is 0. The van der Waals surface area contributed by atoms with Crippen LogP contribution in [0.15, 0.2) is 48.8 Å². The summed E-state index contributed by atoms with van der Waals surface area (Å²) in [4.78, 5) is 17.1. The van der Waals surface area contributed by atoms with Crippen molar-refractivity contribution in [3.05, 3.63) is 65.5 Å². The number of hydrogen-bond acceptors (Lipinski definition) is 5. The highest BCUT2D eigenvalue weighted by molar-refractivity contribution is 5.89. The molecule has 152 valence electrons. The van der Waals surface area contributed by atoms with Crippen molar-refractivity contribution in [2.45, 2.75) is 55.4 Å². The third-order valence-electron chi connectivity index (χ3n) is 6.86. The molecule has 1 amide bonds. The van der Waals surface area contributed by atoms with Crippen LogP contribution in [-0.2, 0) is 21.6 Å². The molecule has 1 spiro atoms. The fraction of sp³-hybridized carbons (Fsp3) is 0.478. The molecule has 3 aliphatic rings. The molecule has 2 fully saturated rings. The molecule has 1 aromatic carbocycles. The highest BCUT2D eigenvalue weighted by atomic mass is 16.5. The van der Waals surface area contributed by atoms with E-state index in [1.165, 1.54) is 11.1 Å². The number of nitrogens with zero attached hydrogens (tertiary/aromatic N) is 1. The van der Waals surface area contributed by atoms with Gasteiger partial charge in [0.1, 0.15) is 0 Å². The maximum absolute atomic E-state index is 12.9. The second-order valence-electron chi connectivity index (χ2n) is 8.69. The third kappa shape index (κ3) is 3.25. The Labute approximate surface area is 171 Å². The van der Waals surface area contributed by atoms with Crippen molar-refractivity contribution < 1.29 is 9.53 Å². The standard InChI is InChI=1S/C23H28N4O2/c24-23(7-8-23)21(28)27-19-17-5-1-2-6-18(17)22(9-12-25-13-10-22)20(19)29-15-16-4-3-11-26-14-16/h1-6,11,14,19-20,25H,7-10,12-13,15,24H2,(H,27,28)/t19-,20+/m1/s1. The van der Waals surface area contributed by atoms with Crippen LogP contribution >= 0.6 is 0 Å². The van der Waals surface area contributed by atoms with E-state index in [-0.39, 0.29) is 23.5 Å². The van der Waals surface area contributed by atoms with Gasteiger partial charge >= 0.3 is 0 Å². The van der Waals surface area contributed by atoms with Gasteiger partial charge < -0.3 is 21.1 Å². The van der Waals surface area contributed by atoms with E-state index in [1.54, 1.807) is 6.20 Å². The van der Waals surface area contributed by atoms with E-state index in [0.717, 1.165) is 44.3 Å². The lowest BCUT2D eigenvalue weighted by atomic mass is 9.72. The number of pyridine rings is 1. The number of piperidine rings is 1. The van der Waals surface area contributed by atoms with Gasteiger partial charge in [0.25, 0.3) is 0 Å². The first-order valence-corrected chi connectivity index (χ1v) is 10.5. The Kier molecular flexibility index (Phi) is 4.65. The smallest absolute Gasteiger partial charge is 0.240 e. The van der Waals surface area contributed by atoms with E-state index in [1.807, 2.05) is 24.4 Å². The summed E-state index contributed by atoms with van der Waals surface area (Å²) in [5.41, 5.74) is 8.91. The lowest BCUT2D eigenvalue weighted by Gasteiger charge is -2.41. The number of nitrogens with one attached hydrogen (secondary N) is 2. The van der Waals surface area contributed by atoms with Crippen molar-refractivity contribution in [1.29, 1.82) is 0 Å². The van der Waals surface area contributed by atoms with Crippen LogP contribution in [0.1, 0.15) is 48.4 Å². The predicted octanol–water partition coefficient (Wildman–Crippen LogP) is 1.95. The monoisotopic (exact) mass is 392 g/mol. The Morgan fingerprint density at radius 1 is 1.17 bits per heavy atom. The number of aromatic nitrogens is 1. The summed E-state index contributed by atoms with van der Waals surface area (Å²) in [6.07, 6.45) is 6.96. The van der Waals surface area contributed by atoms with Crippen LogP contribution in [0.4, 0.5) is 0 Å². The van der Waals surface area contributed by atoms with E-state index < -0.39 is 5.54 Å². The fourth-order valence-corrected chi connectivity index (χ4v) is 5.01. The summed E-state index contributed by atoms with van der Waals surface area (Å²) in [7, 11) is 0. The van der Waals surface area contributed by atoms with Crippen LogP contribution in [0, 0.1) is 0 Å². The van der Waals surface area contributed by atoms with Crippen molar-refractivity contribution in [2.24, 2.45) is 5.73 Å². The average Bonchev–Trinajstić information content (AvgIpc) is 3.48. The van der Waals surface area contributed by atoms with Crippen molar-refractivity contribution in [2.75, 3.05) is 13.1 Å². The topological polar surface area (TPSA) is 89.3 Å².